The van der Waals surface area contributed by atoms with Crippen molar-refractivity contribution in [3.05, 3.63) is 5.82 Å². The van der Waals surface area contributed by atoms with Crippen LogP contribution in [0.15, 0.2) is 0 Å². The lowest BCUT2D eigenvalue weighted by Gasteiger charge is -2.34. The highest BCUT2D eigenvalue weighted by Crippen LogP contribution is 2.18. The second kappa shape index (κ2) is 3.57. The zero-order valence-electron chi connectivity index (χ0n) is 8.70. The van der Waals surface area contributed by atoms with Crippen LogP contribution in [-0.2, 0) is 0 Å². The number of rotatable bonds is 1. The topological polar surface area (TPSA) is 70.8 Å². The number of H-pyrrole nitrogens is 1. The average molecular weight is 195 g/mol. The minimum Gasteiger partial charge on any atom is -0.338 e. The summed E-state index contributed by atoms with van der Waals surface area (Å²) < 4.78 is 0. The largest absolute Gasteiger partial charge is 0.338 e. The number of piperidine rings is 1. The summed E-state index contributed by atoms with van der Waals surface area (Å²) in [5.74, 6) is 2.24. The van der Waals surface area contributed by atoms with Crippen LogP contribution in [-0.4, -0.2) is 34.3 Å². The third kappa shape index (κ3) is 1.72. The SMILES string of the molecule is Cc1nc(N2CCC(C)C(N)C2)n[nH]1. The lowest BCUT2D eigenvalue weighted by molar-refractivity contribution is 0.376. The highest BCUT2D eigenvalue weighted by molar-refractivity contribution is 5.29. The van der Waals surface area contributed by atoms with E-state index in [-0.39, 0.29) is 6.04 Å². The molecule has 0 aliphatic carbocycles. The lowest BCUT2D eigenvalue weighted by atomic mass is 9.95. The van der Waals surface area contributed by atoms with E-state index in [0.717, 1.165) is 31.3 Å². The second-order valence-corrected chi connectivity index (χ2v) is 4.10. The van der Waals surface area contributed by atoms with Crippen molar-refractivity contribution in [1.82, 2.24) is 15.2 Å². The number of hydrogen-bond donors (Lipinski definition) is 2. The minimum atomic E-state index is 0.238. The molecule has 1 saturated heterocycles. The molecule has 0 spiro atoms. The molecule has 1 aliphatic rings. The Labute approximate surface area is 83.7 Å². The van der Waals surface area contributed by atoms with Crippen molar-refractivity contribution in [2.45, 2.75) is 26.3 Å². The number of nitrogens with zero attached hydrogens (tertiary/aromatic N) is 3. The van der Waals surface area contributed by atoms with Crippen LogP contribution in [0.2, 0.25) is 0 Å². The van der Waals surface area contributed by atoms with E-state index in [9.17, 15) is 0 Å². The Morgan fingerprint density at radius 3 is 2.93 bits per heavy atom. The van der Waals surface area contributed by atoms with Crippen molar-refractivity contribution in [2.24, 2.45) is 11.7 Å². The third-order valence-electron chi connectivity index (χ3n) is 2.88. The molecule has 5 nitrogen and oxygen atoms in total. The van der Waals surface area contributed by atoms with Gasteiger partial charge in [0.25, 0.3) is 0 Å². The van der Waals surface area contributed by atoms with Gasteiger partial charge in [-0.1, -0.05) is 6.92 Å². The van der Waals surface area contributed by atoms with Gasteiger partial charge in [-0.2, -0.15) is 4.98 Å². The Bertz CT molecular complexity index is 308. The van der Waals surface area contributed by atoms with Gasteiger partial charge in [-0.3, -0.25) is 5.10 Å². The first-order chi connectivity index (χ1) is 6.66. The Hall–Kier alpha value is -1.10. The molecule has 2 unspecified atom stereocenters. The quantitative estimate of drug-likeness (QED) is 0.675. The van der Waals surface area contributed by atoms with Gasteiger partial charge in [-0.05, 0) is 19.3 Å². The van der Waals surface area contributed by atoms with Crippen LogP contribution in [0.5, 0.6) is 0 Å². The van der Waals surface area contributed by atoms with E-state index >= 15 is 0 Å². The first-order valence-corrected chi connectivity index (χ1v) is 5.06. The maximum atomic E-state index is 6.01. The van der Waals surface area contributed by atoms with Crippen molar-refractivity contribution >= 4 is 5.95 Å². The Kier molecular flexibility index (Phi) is 2.41. The van der Waals surface area contributed by atoms with Crippen molar-refractivity contribution in [2.75, 3.05) is 18.0 Å². The van der Waals surface area contributed by atoms with Gasteiger partial charge in [0, 0.05) is 19.1 Å². The highest BCUT2D eigenvalue weighted by atomic mass is 15.4. The van der Waals surface area contributed by atoms with Gasteiger partial charge in [0.15, 0.2) is 0 Å². The van der Waals surface area contributed by atoms with Crippen LogP contribution in [0.3, 0.4) is 0 Å². The van der Waals surface area contributed by atoms with E-state index in [1.54, 1.807) is 0 Å². The molecule has 1 fully saturated rings. The summed E-state index contributed by atoms with van der Waals surface area (Å²) in [7, 11) is 0. The van der Waals surface area contributed by atoms with Crippen molar-refractivity contribution < 1.29 is 0 Å². The van der Waals surface area contributed by atoms with Gasteiger partial charge < -0.3 is 10.6 Å². The number of aromatic nitrogens is 3. The van der Waals surface area contributed by atoms with Crippen molar-refractivity contribution in [3.63, 3.8) is 0 Å². The molecule has 1 aromatic rings. The normalized spacial score (nSPS) is 28.1. The van der Waals surface area contributed by atoms with E-state index in [1.165, 1.54) is 0 Å². The predicted octanol–water partition coefficient (Wildman–Crippen LogP) is 0.287. The molecular weight excluding hydrogens is 178 g/mol. The van der Waals surface area contributed by atoms with Gasteiger partial charge in [-0.15, -0.1) is 5.10 Å². The number of aromatic amines is 1. The van der Waals surface area contributed by atoms with E-state index in [2.05, 4.69) is 27.0 Å². The van der Waals surface area contributed by atoms with E-state index in [4.69, 9.17) is 5.73 Å². The molecule has 2 rings (SSSR count). The third-order valence-corrected chi connectivity index (χ3v) is 2.88. The van der Waals surface area contributed by atoms with Crippen molar-refractivity contribution in [1.29, 1.82) is 0 Å². The van der Waals surface area contributed by atoms with Crippen LogP contribution < -0.4 is 10.6 Å². The molecule has 3 N–H and O–H groups in total. The molecule has 0 aromatic carbocycles. The standard InChI is InChI=1S/C9H17N5/c1-6-3-4-14(5-8(6)10)9-11-7(2)12-13-9/h6,8H,3-5,10H2,1-2H3,(H,11,12,13). The molecule has 0 radical (unpaired) electrons. The molecular formula is C9H17N5. The van der Waals surface area contributed by atoms with Crippen LogP contribution in [0, 0.1) is 12.8 Å². The molecule has 1 aromatic heterocycles. The van der Waals surface area contributed by atoms with Gasteiger partial charge in [0.05, 0.1) is 0 Å². The van der Waals surface area contributed by atoms with Gasteiger partial charge in [0.2, 0.25) is 5.95 Å². The number of nitrogens with two attached hydrogens (primary N) is 1. The second-order valence-electron chi connectivity index (χ2n) is 4.10. The lowest BCUT2D eigenvalue weighted by Crippen LogP contribution is -2.48. The summed E-state index contributed by atoms with van der Waals surface area (Å²) in [6, 6.07) is 0.238. The van der Waals surface area contributed by atoms with Gasteiger partial charge in [-0.25, -0.2) is 0 Å². The van der Waals surface area contributed by atoms with Crippen LogP contribution in [0.1, 0.15) is 19.2 Å². The Morgan fingerprint density at radius 2 is 2.36 bits per heavy atom. The van der Waals surface area contributed by atoms with E-state index in [0.29, 0.717) is 5.92 Å². The fraction of sp³-hybridized carbons (Fsp3) is 0.778. The summed E-state index contributed by atoms with van der Waals surface area (Å²) in [5.41, 5.74) is 6.01. The zero-order valence-corrected chi connectivity index (χ0v) is 8.70. The van der Waals surface area contributed by atoms with Crippen LogP contribution in [0.4, 0.5) is 5.95 Å². The molecule has 0 amide bonds. The fourth-order valence-corrected chi connectivity index (χ4v) is 1.75. The number of nitrogens with one attached hydrogen (secondary N) is 1. The van der Waals surface area contributed by atoms with Crippen molar-refractivity contribution in [3.8, 4) is 0 Å². The number of aryl methyl sites for hydroxylation is 1. The van der Waals surface area contributed by atoms with Crippen LogP contribution >= 0.6 is 0 Å². The summed E-state index contributed by atoms with van der Waals surface area (Å²) in [5, 5.41) is 6.98. The smallest absolute Gasteiger partial charge is 0.244 e. The molecule has 2 atom stereocenters. The molecule has 14 heavy (non-hydrogen) atoms. The van der Waals surface area contributed by atoms with Gasteiger partial charge >= 0.3 is 0 Å². The molecule has 5 heteroatoms. The zero-order chi connectivity index (χ0) is 10.1. The number of hydrogen-bond acceptors (Lipinski definition) is 4. The molecule has 1 aliphatic heterocycles. The van der Waals surface area contributed by atoms with Gasteiger partial charge in [0.1, 0.15) is 5.82 Å². The molecule has 2 heterocycles. The predicted molar refractivity (Wildman–Crippen MR) is 55.1 cm³/mol. The first-order valence-electron chi connectivity index (χ1n) is 5.06. The summed E-state index contributed by atoms with van der Waals surface area (Å²) in [6.07, 6.45) is 1.12. The maximum Gasteiger partial charge on any atom is 0.244 e. The monoisotopic (exact) mass is 195 g/mol. The fourth-order valence-electron chi connectivity index (χ4n) is 1.75. The van der Waals surface area contributed by atoms with Crippen LogP contribution in [0.25, 0.3) is 0 Å². The highest BCUT2D eigenvalue weighted by Gasteiger charge is 2.24. The summed E-state index contributed by atoms with van der Waals surface area (Å²) in [6.45, 7) is 5.97. The molecule has 0 saturated carbocycles. The van der Waals surface area contributed by atoms with E-state index < -0.39 is 0 Å². The minimum absolute atomic E-state index is 0.238. The molecule has 0 bridgehead atoms. The Morgan fingerprint density at radius 1 is 1.57 bits per heavy atom. The molecule has 78 valence electrons. The first kappa shape index (κ1) is 9.45. The average Bonchev–Trinajstić information content (AvgIpc) is 2.57. The summed E-state index contributed by atoms with van der Waals surface area (Å²) >= 11 is 0. The Balaban J connectivity index is 2.06. The summed E-state index contributed by atoms with van der Waals surface area (Å²) in [4.78, 5) is 6.44. The van der Waals surface area contributed by atoms with E-state index in [1.807, 2.05) is 6.92 Å². The number of anilines is 1. The maximum absolute atomic E-state index is 6.01.